The SMILES string of the molecule is CC=CCC(CCOCc1ccccc1)(N=C(c1ccccc1)c1ccccc1)C(=O)OC(C)(C)C. The summed E-state index contributed by atoms with van der Waals surface area (Å²) >= 11 is 0. The van der Waals surface area contributed by atoms with Crippen LogP contribution in [0.5, 0.6) is 0 Å². The van der Waals surface area contributed by atoms with E-state index in [4.69, 9.17) is 14.5 Å². The lowest BCUT2D eigenvalue weighted by Crippen LogP contribution is -2.43. The molecule has 0 N–H and O–H groups in total. The quantitative estimate of drug-likeness (QED) is 0.126. The fourth-order valence-corrected chi connectivity index (χ4v) is 3.83. The maximum Gasteiger partial charge on any atom is 0.334 e. The Morgan fingerprint density at radius 1 is 0.833 bits per heavy atom. The van der Waals surface area contributed by atoms with E-state index in [2.05, 4.69) is 0 Å². The topological polar surface area (TPSA) is 47.9 Å². The first kappa shape index (κ1) is 27.1. The van der Waals surface area contributed by atoms with Gasteiger partial charge in [-0.1, -0.05) is 103 Å². The van der Waals surface area contributed by atoms with Crippen LogP contribution < -0.4 is 0 Å². The maximum atomic E-state index is 13.8. The summed E-state index contributed by atoms with van der Waals surface area (Å²) < 4.78 is 12.0. The molecule has 0 aliphatic rings. The molecule has 3 aromatic carbocycles. The Morgan fingerprint density at radius 2 is 1.36 bits per heavy atom. The predicted octanol–water partition coefficient (Wildman–Crippen LogP) is 7.18. The minimum absolute atomic E-state index is 0.347. The number of ether oxygens (including phenoxy) is 2. The third-order valence-corrected chi connectivity index (χ3v) is 5.66. The van der Waals surface area contributed by atoms with Gasteiger partial charge in [0.1, 0.15) is 5.60 Å². The third-order valence-electron chi connectivity index (χ3n) is 5.66. The van der Waals surface area contributed by atoms with Gasteiger partial charge in [-0.25, -0.2) is 4.79 Å². The zero-order valence-corrected chi connectivity index (χ0v) is 21.8. The highest BCUT2D eigenvalue weighted by Gasteiger charge is 2.41. The Balaban J connectivity index is 2.04. The van der Waals surface area contributed by atoms with Crippen LogP contribution in [0.25, 0.3) is 0 Å². The number of allylic oxidation sites excluding steroid dienone is 1. The summed E-state index contributed by atoms with van der Waals surface area (Å²) in [5.41, 5.74) is 1.96. The van der Waals surface area contributed by atoms with E-state index in [9.17, 15) is 4.79 Å². The van der Waals surface area contributed by atoms with Crippen molar-refractivity contribution in [3.63, 3.8) is 0 Å². The van der Waals surface area contributed by atoms with E-state index in [0.29, 0.717) is 26.1 Å². The van der Waals surface area contributed by atoms with Crippen LogP contribution in [0.3, 0.4) is 0 Å². The number of carbonyl (C=O) groups excluding carboxylic acids is 1. The zero-order chi connectivity index (χ0) is 25.9. The van der Waals surface area contributed by atoms with E-state index < -0.39 is 11.1 Å². The number of rotatable bonds is 11. The van der Waals surface area contributed by atoms with E-state index >= 15 is 0 Å². The molecule has 0 fully saturated rings. The molecule has 0 aliphatic carbocycles. The zero-order valence-electron chi connectivity index (χ0n) is 21.8. The minimum Gasteiger partial charge on any atom is -0.458 e. The average molecular weight is 484 g/mol. The largest absolute Gasteiger partial charge is 0.458 e. The molecule has 0 radical (unpaired) electrons. The molecule has 0 aromatic heterocycles. The summed E-state index contributed by atoms with van der Waals surface area (Å²) in [5, 5.41) is 0. The summed E-state index contributed by atoms with van der Waals surface area (Å²) in [5.74, 6) is -0.347. The van der Waals surface area contributed by atoms with Gasteiger partial charge in [-0.15, -0.1) is 0 Å². The first-order valence-corrected chi connectivity index (χ1v) is 12.5. The van der Waals surface area contributed by atoms with Crippen LogP contribution in [0.2, 0.25) is 0 Å². The Morgan fingerprint density at radius 3 is 1.86 bits per heavy atom. The molecule has 0 aliphatic heterocycles. The molecular formula is C32H37NO3. The second kappa shape index (κ2) is 13.0. The van der Waals surface area contributed by atoms with Crippen molar-refractivity contribution in [2.75, 3.05) is 6.61 Å². The number of benzene rings is 3. The van der Waals surface area contributed by atoms with Gasteiger partial charge in [0.05, 0.1) is 12.3 Å². The van der Waals surface area contributed by atoms with Crippen molar-refractivity contribution in [3.8, 4) is 0 Å². The van der Waals surface area contributed by atoms with Gasteiger partial charge in [-0.3, -0.25) is 4.99 Å². The molecule has 36 heavy (non-hydrogen) atoms. The lowest BCUT2D eigenvalue weighted by molar-refractivity contribution is -0.162. The van der Waals surface area contributed by atoms with Crippen LogP contribution in [-0.2, 0) is 20.9 Å². The van der Waals surface area contributed by atoms with Gasteiger partial charge in [0, 0.05) is 30.6 Å². The number of aliphatic imine (C=N–C) groups is 1. The molecule has 0 spiro atoms. The molecule has 0 heterocycles. The van der Waals surface area contributed by atoms with Gasteiger partial charge in [-0.2, -0.15) is 0 Å². The van der Waals surface area contributed by atoms with E-state index in [1.165, 1.54) is 0 Å². The molecule has 0 amide bonds. The summed E-state index contributed by atoms with van der Waals surface area (Å²) in [6.07, 6.45) is 4.74. The Bertz CT molecular complexity index is 1090. The van der Waals surface area contributed by atoms with Crippen molar-refractivity contribution < 1.29 is 14.3 Å². The van der Waals surface area contributed by atoms with Crippen molar-refractivity contribution in [2.45, 2.75) is 58.3 Å². The molecule has 3 aromatic rings. The third kappa shape index (κ3) is 8.03. The van der Waals surface area contributed by atoms with Gasteiger partial charge >= 0.3 is 5.97 Å². The first-order valence-electron chi connectivity index (χ1n) is 12.5. The number of hydrogen-bond donors (Lipinski definition) is 0. The molecule has 1 unspecified atom stereocenters. The van der Waals surface area contributed by atoms with Gasteiger partial charge in [0.25, 0.3) is 0 Å². The molecule has 0 saturated heterocycles. The Labute approximate surface area is 215 Å². The molecule has 1 atom stereocenters. The predicted molar refractivity (Wildman–Crippen MR) is 147 cm³/mol. The van der Waals surface area contributed by atoms with Crippen LogP contribution in [-0.4, -0.2) is 29.4 Å². The maximum absolute atomic E-state index is 13.8. The van der Waals surface area contributed by atoms with Crippen molar-refractivity contribution in [1.29, 1.82) is 0 Å². The van der Waals surface area contributed by atoms with Gasteiger partial charge in [0.15, 0.2) is 5.54 Å². The van der Waals surface area contributed by atoms with E-state index in [1.807, 2.05) is 131 Å². The minimum atomic E-state index is -1.14. The van der Waals surface area contributed by atoms with Gasteiger partial charge < -0.3 is 9.47 Å². The molecule has 4 nitrogen and oxygen atoms in total. The number of esters is 1. The molecule has 0 bridgehead atoms. The molecule has 0 saturated carbocycles. The lowest BCUT2D eigenvalue weighted by Gasteiger charge is -2.32. The van der Waals surface area contributed by atoms with Crippen LogP contribution in [0.4, 0.5) is 0 Å². The monoisotopic (exact) mass is 483 g/mol. The van der Waals surface area contributed by atoms with E-state index in [0.717, 1.165) is 22.4 Å². The highest BCUT2D eigenvalue weighted by molar-refractivity contribution is 6.13. The fourth-order valence-electron chi connectivity index (χ4n) is 3.83. The Hall–Kier alpha value is -3.50. The van der Waals surface area contributed by atoms with Crippen molar-refractivity contribution >= 4 is 11.7 Å². The standard InChI is InChI=1S/C32H37NO3/c1-5-6-22-32(30(34)36-31(2,3)4,23-24-35-25-26-16-10-7-11-17-26)33-29(27-18-12-8-13-19-27)28-20-14-9-15-21-28/h5-21H,22-25H2,1-4H3. The smallest absolute Gasteiger partial charge is 0.334 e. The van der Waals surface area contributed by atoms with Crippen LogP contribution in [0, 0.1) is 0 Å². The van der Waals surface area contributed by atoms with Crippen LogP contribution in [0.15, 0.2) is 108 Å². The number of carbonyl (C=O) groups is 1. The van der Waals surface area contributed by atoms with Crippen molar-refractivity contribution in [3.05, 3.63) is 120 Å². The number of hydrogen-bond acceptors (Lipinski definition) is 4. The lowest BCUT2D eigenvalue weighted by atomic mass is 9.89. The van der Waals surface area contributed by atoms with Crippen LogP contribution in [0.1, 0.15) is 57.2 Å². The van der Waals surface area contributed by atoms with Gasteiger partial charge in [-0.05, 0) is 33.3 Å². The average Bonchev–Trinajstić information content (AvgIpc) is 2.88. The summed E-state index contributed by atoms with van der Waals surface area (Å²) in [6.45, 7) is 8.45. The van der Waals surface area contributed by atoms with E-state index in [1.54, 1.807) is 0 Å². The fraction of sp³-hybridized carbons (Fsp3) is 0.312. The van der Waals surface area contributed by atoms with Gasteiger partial charge in [0.2, 0.25) is 0 Å². The normalized spacial score (nSPS) is 13.2. The highest BCUT2D eigenvalue weighted by atomic mass is 16.6. The Kier molecular flexibility index (Phi) is 9.77. The van der Waals surface area contributed by atoms with E-state index in [-0.39, 0.29) is 5.97 Å². The highest BCUT2D eigenvalue weighted by Crippen LogP contribution is 2.29. The summed E-state index contributed by atoms with van der Waals surface area (Å²) in [4.78, 5) is 19.1. The summed E-state index contributed by atoms with van der Waals surface area (Å²) in [7, 11) is 0. The second-order valence-electron chi connectivity index (χ2n) is 9.79. The first-order chi connectivity index (χ1) is 17.3. The number of nitrogens with zero attached hydrogens (tertiary/aromatic N) is 1. The second-order valence-corrected chi connectivity index (χ2v) is 9.79. The van der Waals surface area contributed by atoms with Crippen molar-refractivity contribution in [2.24, 2.45) is 4.99 Å². The van der Waals surface area contributed by atoms with Crippen molar-refractivity contribution in [1.82, 2.24) is 0 Å². The molecule has 3 rings (SSSR count). The van der Waals surface area contributed by atoms with Crippen LogP contribution >= 0.6 is 0 Å². The summed E-state index contributed by atoms with van der Waals surface area (Å²) in [6, 6.07) is 30.0. The molecule has 4 heteroatoms. The molecule has 188 valence electrons. The molecular weight excluding hydrogens is 446 g/mol.